The number of hydrogen-bond acceptors (Lipinski definition) is 8. The van der Waals surface area contributed by atoms with Crippen molar-refractivity contribution in [2.24, 2.45) is 5.92 Å². The van der Waals surface area contributed by atoms with Gasteiger partial charge in [0.1, 0.15) is 11.6 Å². The minimum absolute atomic E-state index is 0. The van der Waals surface area contributed by atoms with Crippen molar-refractivity contribution in [3.63, 3.8) is 0 Å². The van der Waals surface area contributed by atoms with Crippen molar-refractivity contribution < 1.29 is 28.2 Å². The molecular weight excluding hydrogens is 608 g/mol. The van der Waals surface area contributed by atoms with Crippen LogP contribution in [0, 0.1) is 19.8 Å². The average Bonchev–Trinajstić information content (AvgIpc) is 3.32. The number of unbranched alkanes of at least 4 members (excludes halogenated alkanes) is 1. The highest BCUT2D eigenvalue weighted by Gasteiger charge is 2.55. The van der Waals surface area contributed by atoms with E-state index >= 15 is 0 Å². The number of aliphatic hydroxyl groups excluding tert-OH is 2. The van der Waals surface area contributed by atoms with E-state index in [1.54, 1.807) is 29.2 Å². The molecular formula is C30H47ClN6O6S. The van der Waals surface area contributed by atoms with E-state index in [-0.39, 0.29) is 54.2 Å². The van der Waals surface area contributed by atoms with Crippen LogP contribution < -0.4 is 10.0 Å². The Labute approximate surface area is 266 Å². The number of likely N-dealkylation sites (tertiary alicyclic amines) is 1. The summed E-state index contributed by atoms with van der Waals surface area (Å²) in [5.41, 5.74) is 2.57. The molecule has 0 radical (unpaired) electrons. The molecule has 0 bridgehead atoms. The highest BCUT2D eigenvalue weighted by atomic mass is 35.5. The fourth-order valence-electron chi connectivity index (χ4n) is 6.36. The van der Waals surface area contributed by atoms with E-state index in [0.29, 0.717) is 32.5 Å². The van der Waals surface area contributed by atoms with Crippen LogP contribution in [-0.2, 0) is 19.6 Å². The normalized spacial score (nSPS) is 20.5. The van der Waals surface area contributed by atoms with Crippen LogP contribution in [0.5, 0.6) is 0 Å². The molecule has 3 atom stereocenters. The van der Waals surface area contributed by atoms with Crippen LogP contribution in [0.1, 0.15) is 75.0 Å². The number of carbonyl (C=O) groups is 2. The lowest BCUT2D eigenvalue weighted by Crippen LogP contribution is -2.75. The smallest absolute Gasteiger partial charge is 0.248 e. The third kappa shape index (κ3) is 6.97. The molecule has 1 aromatic carbocycles. The van der Waals surface area contributed by atoms with E-state index < -0.39 is 27.7 Å². The number of H-pyrrole nitrogens is 1. The number of aromatic amines is 1. The largest absolute Gasteiger partial charge is 0.395 e. The van der Waals surface area contributed by atoms with E-state index in [0.717, 1.165) is 35.4 Å². The third-order valence-electron chi connectivity index (χ3n) is 8.88. The third-order valence-corrected chi connectivity index (χ3v) is 10.4. The van der Waals surface area contributed by atoms with E-state index in [1.807, 2.05) is 34.6 Å². The Morgan fingerprint density at radius 1 is 1.14 bits per heavy atom. The molecule has 2 aliphatic heterocycles. The topological polar surface area (TPSA) is 168 Å². The first kappa shape index (κ1) is 35.9. The Kier molecular flexibility index (Phi) is 12.0. The monoisotopic (exact) mass is 654 g/mol. The summed E-state index contributed by atoms with van der Waals surface area (Å²) in [6.45, 7) is 10.7. The Morgan fingerprint density at radius 2 is 1.77 bits per heavy atom. The maximum Gasteiger partial charge on any atom is 0.248 e. The molecule has 12 nitrogen and oxygen atoms in total. The van der Waals surface area contributed by atoms with Crippen LogP contribution in [0.15, 0.2) is 29.2 Å². The molecule has 0 saturated carbocycles. The summed E-state index contributed by atoms with van der Waals surface area (Å²) in [6.07, 6.45) is 1.49. The van der Waals surface area contributed by atoms with Gasteiger partial charge in [-0.05, 0) is 56.7 Å². The van der Waals surface area contributed by atoms with Gasteiger partial charge in [-0.25, -0.2) is 13.1 Å². The number of piperazine rings is 1. The highest BCUT2D eigenvalue weighted by molar-refractivity contribution is 7.89. The molecule has 2 saturated heterocycles. The van der Waals surface area contributed by atoms with Crippen molar-refractivity contribution in [2.45, 2.75) is 88.9 Å². The number of nitrogens with zero attached hydrogens (tertiary/aromatic N) is 3. The van der Waals surface area contributed by atoms with Crippen molar-refractivity contribution in [3.05, 3.63) is 46.8 Å². The van der Waals surface area contributed by atoms with Crippen LogP contribution in [-0.4, -0.2) is 101 Å². The molecule has 2 fully saturated rings. The second-order valence-corrected chi connectivity index (χ2v) is 13.8. The zero-order chi connectivity index (χ0) is 31.5. The van der Waals surface area contributed by atoms with Crippen molar-refractivity contribution in [3.8, 4) is 0 Å². The lowest BCUT2D eigenvalue weighted by Gasteiger charge is -2.53. The fraction of sp³-hybridized carbons (Fsp3) is 0.633. The summed E-state index contributed by atoms with van der Waals surface area (Å²) >= 11 is 0. The van der Waals surface area contributed by atoms with Crippen LogP contribution in [0.4, 0.5) is 0 Å². The van der Waals surface area contributed by atoms with E-state index in [1.165, 1.54) is 0 Å². The van der Waals surface area contributed by atoms with Gasteiger partial charge in [-0.3, -0.25) is 19.6 Å². The van der Waals surface area contributed by atoms with Gasteiger partial charge in [-0.15, -0.1) is 12.4 Å². The summed E-state index contributed by atoms with van der Waals surface area (Å²) in [7, 11) is -3.76. The minimum atomic E-state index is -3.76. The summed E-state index contributed by atoms with van der Waals surface area (Å²) in [6, 6.07) is 5.46. The molecule has 0 aliphatic carbocycles. The van der Waals surface area contributed by atoms with Gasteiger partial charge < -0.3 is 20.4 Å². The SMILES string of the molecule is CCCCN1C(=O)[C@@H]([C@H](O)C(C)C)NC(=O)C12CCN(C(c1ccc(S(=O)(=O)NCCO)cc1)c1c(C)n[nH]c1C)CC2.Cl. The number of hydrogen-bond donors (Lipinski definition) is 5. The number of amides is 2. The summed E-state index contributed by atoms with van der Waals surface area (Å²) in [5.74, 6) is -0.635. The first-order chi connectivity index (χ1) is 20.4. The van der Waals surface area contributed by atoms with Gasteiger partial charge >= 0.3 is 0 Å². The Bertz CT molecular complexity index is 1370. The van der Waals surface area contributed by atoms with Crippen molar-refractivity contribution >= 4 is 34.2 Å². The first-order valence-corrected chi connectivity index (χ1v) is 16.6. The molecule has 4 rings (SSSR count). The second-order valence-electron chi connectivity index (χ2n) is 12.0. The lowest BCUT2D eigenvalue weighted by atomic mass is 9.79. The van der Waals surface area contributed by atoms with Gasteiger partial charge in [0.05, 0.1) is 29.3 Å². The number of aryl methyl sites for hydroxylation is 2. The van der Waals surface area contributed by atoms with Crippen molar-refractivity contribution in [1.82, 2.24) is 30.0 Å². The van der Waals surface area contributed by atoms with Crippen LogP contribution in [0.3, 0.4) is 0 Å². The fourth-order valence-corrected chi connectivity index (χ4v) is 7.38. The molecule has 44 heavy (non-hydrogen) atoms. The lowest BCUT2D eigenvalue weighted by molar-refractivity contribution is -0.165. The number of nitrogens with one attached hydrogen (secondary N) is 3. The maximum atomic E-state index is 13.8. The molecule has 3 heterocycles. The van der Waals surface area contributed by atoms with Crippen LogP contribution in [0.2, 0.25) is 0 Å². The molecule has 246 valence electrons. The summed E-state index contributed by atoms with van der Waals surface area (Å²) in [5, 5.41) is 30.1. The molecule has 2 amide bonds. The number of sulfonamides is 1. The van der Waals surface area contributed by atoms with E-state index in [4.69, 9.17) is 5.11 Å². The summed E-state index contributed by atoms with van der Waals surface area (Å²) < 4.78 is 27.6. The first-order valence-electron chi connectivity index (χ1n) is 15.1. The quantitative estimate of drug-likeness (QED) is 0.231. The second kappa shape index (κ2) is 14.7. The number of aliphatic hydroxyl groups is 2. The van der Waals surface area contributed by atoms with Gasteiger partial charge in [-0.1, -0.05) is 39.3 Å². The molecule has 1 aromatic heterocycles. The standard InChI is InChI=1S/C30H46N6O6S.ClH/c1-6-7-15-36-28(39)25(27(38)19(2)3)32-29(40)30(36)12-16-35(17-13-30)26(24-20(4)33-34-21(24)5)22-8-10-23(11-9-22)43(41,42)31-14-18-37;/h8-11,19,25-27,31,37-38H,6-7,12-18H2,1-5H3,(H,32,40)(H,33,34);1H/t25-,26?,27-;/m1./s1. The van der Waals surface area contributed by atoms with Gasteiger partial charge in [0.15, 0.2) is 0 Å². The van der Waals surface area contributed by atoms with Gasteiger partial charge in [0.2, 0.25) is 21.8 Å². The van der Waals surface area contributed by atoms with Gasteiger partial charge in [-0.2, -0.15) is 5.10 Å². The van der Waals surface area contributed by atoms with E-state index in [2.05, 4.69) is 25.1 Å². The van der Waals surface area contributed by atoms with Crippen LogP contribution in [0.25, 0.3) is 0 Å². The molecule has 2 aromatic rings. The number of piperidine rings is 1. The molecule has 5 N–H and O–H groups in total. The van der Waals surface area contributed by atoms with Crippen molar-refractivity contribution in [2.75, 3.05) is 32.8 Å². The van der Waals surface area contributed by atoms with Crippen molar-refractivity contribution in [1.29, 1.82) is 0 Å². The summed E-state index contributed by atoms with van der Waals surface area (Å²) in [4.78, 5) is 31.6. The minimum Gasteiger partial charge on any atom is -0.395 e. The predicted octanol–water partition coefficient (Wildman–Crippen LogP) is 1.79. The number of carbonyl (C=O) groups excluding carboxylic acids is 2. The van der Waals surface area contributed by atoms with Gasteiger partial charge in [0, 0.05) is 37.4 Å². The van der Waals surface area contributed by atoms with Gasteiger partial charge in [0.25, 0.3) is 0 Å². The number of aromatic nitrogens is 2. The Balaban J connectivity index is 0.00000529. The maximum absolute atomic E-state index is 13.8. The Hall–Kier alpha value is -2.55. The predicted molar refractivity (Wildman–Crippen MR) is 169 cm³/mol. The zero-order valence-electron chi connectivity index (χ0n) is 26.2. The molecule has 14 heteroatoms. The average molecular weight is 655 g/mol. The number of rotatable bonds is 12. The zero-order valence-corrected chi connectivity index (χ0v) is 27.8. The molecule has 1 unspecified atom stereocenters. The van der Waals surface area contributed by atoms with E-state index in [9.17, 15) is 23.1 Å². The molecule has 2 aliphatic rings. The molecule has 1 spiro atoms. The van der Waals surface area contributed by atoms with Crippen LogP contribution >= 0.6 is 12.4 Å². The number of halogens is 1. The highest BCUT2D eigenvalue weighted by Crippen LogP contribution is 2.40. The number of benzene rings is 1. The Morgan fingerprint density at radius 3 is 2.30 bits per heavy atom.